The van der Waals surface area contributed by atoms with Gasteiger partial charge in [0.15, 0.2) is 0 Å². The zero-order valence-electron chi connectivity index (χ0n) is 9.06. The van der Waals surface area contributed by atoms with Crippen LogP contribution in [0, 0.1) is 0 Å². The highest BCUT2D eigenvalue weighted by atomic mass is 32.2. The number of hydrogen-bond donors (Lipinski definition) is 2. The summed E-state index contributed by atoms with van der Waals surface area (Å²) in [6.45, 7) is 0.940. The average Bonchev–Trinajstić information content (AvgIpc) is 2.66. The van der Waals surface area contributed by atoms with Gasteiger partial charge in [-0.1, -0.05) is 0 Å². The third-order valence-electron chi connectivity index (χ3n) is 1.82. The van der Waals surface area contributed by atoms with E-state index in [1.165, 1.54) is 11.3 Å². The summed E-state index contributed by atoms with van der Waals surface area (Å²) in [5, 5.41) is 5.25. The number of carbonyl (C=O) groups excluding carboxylic acids is 1. The van der Waals surface area contributed by atoms with Crippen molar-refractivity contribution in [2.45, 2.75) is 6.42 Å². The topological polar surface area (TPSA) is 85.1 Å². The van der Waals surface area contributed by atoms with Crippen LogP contribution in [0.1, 0.15) is 15.5 Å². The monoisotopic (exact) mass is 261 g/mol. The SMILES string of the molecule is CS(=O)CCNC(=O)c1csc(CCN)n1. The lowest BCUT2D eigenvalue weighted by Crippen LogP contribution is -2.27. The molecule has 0 aromatic carbocycles. The molecule has 0 saturated heterocycles. The molecule has 1 aromatic rings. The number of nitrogens with one attached hydrogen (secondary N) is 1. The molecule has 0 aliphatic rings. The van der Waals surface area contributed by atoms with Crippen LogP contribution in [0.3, 0.4) is 0 Å². The molecule has 0 saturated carbocycles. The van der Waals surface area contributed by atoms with Gasteiger partial charge in [0.1, 0.15) is 5.69 Å². The average molecular weight is 261 g/mol. The van der Waals surface area contributed by atoms with Gasteiger partial charge in [-0.3, -0.25) is 9.00 Å². The Balaban J connectivity index is 2.43. The van der Waals surface area contributed by atoms with Crippen LogP contribution in [0.15, 0.2) is 5.38 Å². The van der Waals surface area contributed by atoms with Crippen LogP contribution in [-0.2, 0) is 17.2 Å². The first-order valence-electron chi connectivity index (χ1n) is 4.86. The van der Waals surface area contributed by atoms with Crippen molar-refractivity contribution < 1.29 is 9.00 Å². The number of rotatable bonds is 6. The fourth-order valence-electron chi connectivity index (χ4n) is 1.05. The zero-order chi connectivity index (χ0) is 12.0. The number of thiazole rings is 1. The summed E-state index contributed by atoms with van der Waals surface area (Å²) in [6, 6.07) is 0. The summed E-state index contributed by atoms with van der Waals surface area (Å²) < 4.78 is 10.8. The molecular weight excluding hydrogens is 246 g/mol. The molecule has 0 radical (unpaired) electrons. The molecule has 7 heteroatoms. The van der Waals surface area contributed by atoms with Crippen LogP contribution >= 0.6 is 11.3 Å². The Morgan fingerprint density at radius 3 is 3.06 bits per heavy atom. The molecule has 0 aliphatic heterocycles. The molecule has 1 aromatic heterocycles. The van der Waals surface area contributed by atoms with E-state index in [9.17, 15) is 9.00 Å². The van der Waals surface area contributed by atoms with E-state index in [4.69, 9.17) is 5.73 Å². The molecule has 5 nitrogen and oxygen atoms in total. The zero-order valence-corrected chi connectivity index (χ0v) is 10.7. The third kappa shape index (κ3) is 4.38. The fraction of sp³-hybridized carbons (Fsp3) is 0.556. The summed E-state index contributed by atoms with van der Waals surface area (Å²) in [7, 11) is -0.885. The van der Waals surface area contributed by atoms with Crippen LogP contribution in [-0.4, -0.2) is 40.2 Å². The number of carbonyl (C=O) groups is 1. The number of nitrogens with zero attached hydrogens (tertiary/aromatic N) is 1. The van der Waals surface area contributed by atoms with Crippen molar-refractivity contribution in [2.75, 3.05) is 25.1 Å². The highest BCUT2D eigenvalue weighted by Crippen LogP contribution is 2.09. The maximum atomic E-state index is 11.5. The van der Waals surface area contributed by atoms with Gasteiger partial charge in [-0.05, 0) is 6.54 Å². The number of hydrogen-bond acceptors (Lipinski definition) is 5. The van der Waals surface area contributed by atoms with Crippen molar-refractivity contribution >= 4 is 28.0 Å². The van der Waals surface area contributed by atoms with E-state index in [0.29, 0.717) is 31.0 Å². The van der Waals surface area contributed by atoms with Gasteiger partial charge >= 0.3 is 0 Å². The van der Waals surface area contributed by atoms with Crippen LogP contribution < -0.4 is 11.1 Å². The van der Waals surface area contributed by atoms with Crippen LogP contribution in [0.2, 0.25) is 0 Å². The Bertz CT molecular complexity index is 379. The summed E-state index contributed by atoms with van der Waals surface area (Å²) >= 11 is 1.43. The summed E-state index contributed by atoms with van der Waals surface area (Å²) in [6.07, 6.45) is 2.30. The van der Waals surface area contributed by atoms with Crippen LogP contribution in [0.4, 0.5) is 0 Å². The first kappa shape index (κ1) is 13.3. The molecule has 1 amide bonds. The first-order chi connectivity index (χ1) is 7.63. The van der Waals surface area contributed by atoms with Crippen LogP contribution in [0.5, 0.6) is 0 Å². The van der Waals surface area contributed by atoms with E-state index >= 15 is 0 Å². The van der Waals surface area contributed by atoms with Crippen molar-refractivity contribution in [3.8, 4) is 0 Å². The molecular formula is C9H15N3O2S2. The molecule has 0 aliphatic carbocycles. The van der Waals surface area contributed by atoms with Gasteiger partial charge in [-0.25, -0.2) is 4.98 Å². The molecule has 1 atom stereocenters. The molecule has 16 heavy (non-hydrogen) atoms. The highest BCUT2D eigenvalue weighted by Gasteiger charge is 2.09. The standard InChI is InChI=1S/C9H15N3O2S2/c1-16(14)5-4-11-9(13)7-6-15-8(12-7)2-3-10/h6H,2-5,10H2,1H3,(H,11,13). The van der Waals surface area contributed by atoms with Crippen molar-refractivity contribution in [3.05, 3.63) is 16.1 Å². The van der Waals surface area contributed by atoms with E-state index in [1.54, 1.807) is 11.6 Å². The normalized spacial score (nSPS) is 12.4. The van der Waals surface area contributed by atoms with Crippen molar-refractivity contribution in [2.24, 2.45) is 5.73 Å². The summed E-state index contributed by atoms with van der Waals surface area (Å²) in [5.41, 5.74) is 5.80. The molecule has 0 bridgehead atoms. The largest absolute Gasteiger partial charge is 0.350 e. The molecule has 1 rings (SSSR count). The molecule has 3 N–H and O–H groups in total. The Labute approximate surface area is 101 Å². The van der Waals surface area contributed by atoms with E-state index in [0.717, 1.165) is 5.01 Å². The Kier molecular flexibility index (Phi) is 5.58. The van der Waals surface area contributed by atoms with E-state index in [1.807, 2.05) is 0 Å². The van der Waals surface area contributed by atoms with E-state index in [-0.39, 0.29) is 5.91 Å². The van der Waals surface area contributed by atoms with Gasteiger partial charge in [-0.15, -0.1) is 11.3 Å². The second kappa shape index (κ2) is 6.72. The Hall–Kier alpha value is -0.790. The number of aromatic nitrogens is 1. The van der Waals surface area contributed by atoms with E-state index < -0.39 is 10.8 Å². The quantitative estimate of drug-likeness (QED) is 0.739. The first-order valence-corrected chi connectivity index (χ1v) is 7.47. The second-order valence-corrected chi connectivity index (χ2v) is 5.70. The Morgan fingerprint density at radius 1 is 1.69 bits per heavy atom. The Morgan fingerprint density at radius 2 is 2.44 bits per heavy atom. The maximum absolute atomic E-state index is 11.5. The van der Waals surface area contributed by atoms with Crippen molar-refractivity contribution in [1.82, 2.24) is 10.3 Å². The lowest BCUT2D eigenvalue weighted by molar-refractivity contribution is 0.0951. The lowest BCUT2D eigenvalue weighted by Gasteiger charge is -2.00. The minimum absolute atomic E-state index is 0.218. The molecule has 90 valence electrons. The van der Waals surface area contributed by atoms with Crippen molar-refractivity contribution in [3.63, 3.8) is 0 Å². The minimum atomic E-state index is -0.885. The number of amides is 1. The van der Waals surface area contributed by atoms with Gasteiger partial charge < -0.3 is 11.1 Å². The van der Waals surface area contributed by atoms with Gasteiger partial charge in [0, 0.05) is 41.2 Å². The second-order valence-electron chi connectivity index (χ2n) is 3.20. The predicted molar refractivity (Wildman–Crippen MR) is 66.1 cm³/mol. The maximum Gasteiger partial charge on any atom is 0.270 e. The van der Waals surface area contributed by atoms with Crippen LogP contribution in [0.25, 0.3) is 0 Å². The lowest BCUT2D eigenvalue weighted by atomic mass is 10.4. The van der Waals surface area contributed by atoms with Gasteiger partial charge in [0.2, 0.25) is 0 Å². The van der Waals surface area contributed by atoms with Gasteiger partial charge in [0.25, 0.3) is 5.91 Å². The number of nitrogens with two attached hydrogens (primary N) is 1. The molecule has 0 fully saturated rings. The highest BCUT2D eigenvalue weighted by molar-refractivity contribution is 7.84. The molecule has 1 heterocycles. The van der Waals surface area contributed by atoms with Crippen molar-refractivity contribution in [1.29, 1.82) is 0 Å². The summed E-state index contributed by atoms with van der Waals surface area (Å²) in [4.78, 5) is 15.7. The molecule has 0 spiro atoms. The minimum Gasteiger partial charge on any atom is -0.350 e. The summed E-state index contributed by atoms with van der Waals surface area (Å²) in [5.74, 6) is 0.246. The van der Waals surface area contributed by atoms with Gasteiger partial charge in [-0.2, -0.15) is 0 Å². The third-order valence-corrected chi connectivity index (χ3v) is 3.51. The predicted octanol–water partition coefficient (Wildman–Crippen LogP) is -0.247. The smallest absolute Gasteiger partial charge is 0.270 e. The fourth-order valence-corrected chi connectivity index (χ4v) is 2.24. The molecule has 1 unspecified atom stereocenters. The van der Waals surface area contributed by atoms with E-state index in [2.05, 4.69) is 10.3 Å². The van der Waals surface area contributed by atoms with Gasteiger partial charge in [0.05, 0.1) is 5.01 Å².